The molecule has 0 bridgehead atoms. The van der Waals surface area contributed by atoms with Crippen LogP contribution in [-0.2, 0) is 16.1 Å². The third-order valence-corrected chi connectivity index (χ3v) is 3.19. The van der Waals surface area contributed by atoms with Crippen LogP contribution in [0.2, 0.25) is 0 Å². The molecule has 0 atom stereocenters. The number of carbonyl (C=O) groups excluding carboxylic acids is 1. The van der Waals surface area contributed by atoms with Gasteiger partial charge in [0.15, 0.2) is 5.58 Å². The van der Waals surface area contributed by atoms with Gasteiger partial charge >= 0.3 is 11.9 Å². The summed E-state index contributed by atoms with van der Waals surface area (Å²) in [6.07, 6.45) is -4.01. The lowest BCUT2D eigenvalue weighted by Crippen LogP contribution is -2.28. The van der Waals surface area contributed by atoms with Crippen molar-refractivity contribution in [2.24, 2.45) is 0 Å². The quantitative estimate of drug-likeness (QED) is 0.743. The minimum absolute atomic E-state index is 0.0623. The Labute approximate surface area is 135 Å². The maximum atomic E-state index is 11.8. The van der Waals surface area contributed by atoms with E-state index in [2.05, 4.69) is 10.1 Å². The summed E-state index contributed by atoms with van der Waals surface area (Å²) in [6, 6.07) is 6.88. The number of aromatic nitrogens is 1. The molecule has 1 N–H and O–H groups in total. The lowest BCUT2D eigenvalue weighted by molar-refractivity contribution is -0.174. The van der Waals surface area contributed by atoms with Crippen molar-refractivity contribution in [1.82, 2.24) is 9.88 Å². The summed E-state index contributed by atoms with van der Waals surface area (Å²) in [7, 11) is 0. The van der Waals surface area contributed by atoms with Gasteiger partial charge in [0.2, 0.25) is 5.91 Å². The van der Waals surface area contributed by atoms with Crippen LogP contribution >= 0.6 is 0 Å². The summed E-state index contributed by atoms with van der Waals surface area (Å²) in [4.78, 5) is 23.4. The Bertz CT molecular complexity index is 736. The van der Waals surface area contributed by atoms with Gasteiger partial charge in [0.1, 0.15) is 6.61 Å². The number of amides is 1. The number of benzene rings is 1. The lowest BCUT2D eigenvalue weighted by atomic mass is 10.3. The Morgan fingerprint density at radius 3 is 2.79 bits per heavy atom. The molecular formula is C15H17F3N2O4. The number of alkyl halides is 3. The highest BCUT2D eigenvalue weighted by Crippen LogP contribution is 2.14. The smallest absolute Gasteiger partial charge is 0.408 e. The number of ether oxygens (including phenoxy) is 1. The average molecular weight is 346 g/mol. The molecule has 6 nitrogen and oxygen atoms in total. The summed E-state index contributed by atoms with van der Waals surface area (Å²) >= 11 is 0. The van der Waals surface area contributed by atoms with E-state index in [0.29, 0.717) is 11.1 Å². The van der Waals surface area contributed by atoms with E-state index in [9.17, 15) is 22.8 Å². The second kappa shape index (κ2) is 8.00. The topological polar surface area (TPSA) is 73.5 Å². The summed E-state index contributed by atoms with van der Waals surface area (Å²) in [5.41, 5.74) is 1.06. The first-order valence-electron chi connectivity index (χ1n) is 7.36. The Hall–Kier alpha value is -2.29. The normalized spacial score (nSPS) is 11.8. The highest BCUT2D eigenvalue weighted by atomic mass is 19.4. The molecule has 24 heavy (non-hydrogen) atoms. The highest BCUT2D eigenvalue weighted by Gasteiger charge is 2.27. The molecule has 0 radical (unpaired) electrons. The van der Waals surface area contributed by atoms with Crippen molar-refractivity contribution >= 4 is 17.0 Å². The zero-order chi connectivity index (χ0) is 17.6. The number of oxazole rings is 1. The maximum Gasteiger partial charge on any atom is 0.419 e. The van der Waals surface area contributed by atoms with Gasteiger partial charge in [-0.2, -0.15) is 13.2 Å². The minimum atomic E-state index is -4.34. The first-order valence-corrected chi connectivity index (χ1v) is 7.36. The first kappa shape index (κ1) is 18.1. The van der Waals surface area contributed by atoms with E-state index in [1.807, 2.05) is 0 Å². The molecular weight excluding hydrogens is 329 g/mol. The van der Waals surface area contributed by atoms with Crippen molar-refractivity contribution in [2.75, 3.05) is 19.8 Å². The lowest BCUT2D eigenvalue weighted by Gasteiger charge is -2.08. The van der Waals surface area contributed by atoms with Gasteiger partial charge in [0.25, 0.3) is 0 Å². The highest BCUT2D eigenvalue weighted by molar-refractivity contribution is 5.76. The number of para-hydroxylation sites is 2. The fourth-order valence-corrected chi connectivity index (χ4v) is 2.12. The zero-order valence-corrected chi connectivity index (χ0v) is 12.8. The molecule has 0 spiro atoms. The van der Waals surface area contributed by atoms with Gasteiger partial charge in [0.05, 0.1) is 5.52 Å². The number of carbonyl (C=O) groups is 1. The summed E-state index contributed by atoms with van der Waals surface area (Å²) in [5, 5.41) is 2.56. The van der Waals surface area contributed by atoms with E-state index >= 15 is 0 Å². The van der Waals surface area contributed by atoms with Crippen molar-refractivity contribution in [3.8, 4) is 0 Å². The average Bonchev–Trinajstić information content (AvgIpc) is 2.83. The number of hydrogen-bond acceptors (Lipinski definition) is 4. The van der Waals surface area contributed by atoms with Crippen LogP contribution in [0, 0.1) is 0 Å². The summed E-state index contributed by atoms with van der Waals surface area (Å²) < 4.78 is 46.4. The van der Waals surface area contributed by atoms with E-state index in [-0.39, 0.29) is 38.4 Å². The van der Waals surface area contributed by atoms with Gasteiger partial charge in [-0.05, 0) is 18.6 Å². The molecule has 132 valence electrons. The monoisotopic (exact) mass is 346 g/mol. The molecule has 0 aliphatic carbocycles. The second-order valence-electron chi connectivity index (χ2n) is 5.11. The molecule has 0 saturated heterocycles. The van der Waals surface area contributed by atoms with E-state index in [0.717, 1.165) is 0 Å². The predicted molar refractivity (Wildman–Crippen MR) is 79.6 cm³/mol. The molecule has 1 heterocycles. The number of halogens is 3. The first-order chi connectivity index (χ1) is 11.4. The Morgan fingerprint density at radius 2 is 2.04 bits per heavy atom. The van der Waals surface area contributed by atoms with Crippen LogP contribution in [0.15, 0.2) is 33.5 Å². The van der Waals surface area contributed by atoms with Gasteiger partial charge in [0, 0.05) is 26.1 Å². The summed E-state index contributed by atoms with van der Waals surface area (Å²) in [5.74, 6) is -0.840. The van der Waals surface area contributed by atoms with E-state index in [1.54, 1.807) is 24.3 Å². The van der Waals surface area contributed by atoms with E-state index in [4.69, 9.17) is 4.42 Å². The number of rotatable bonds is 8. The fourth-order valence-electron chi connectivity index (χ4n) is 2.12. The molecule has 1 amide bonds. The van der Waals surface area contributed by atoms with Crippen LogP contribution < -0.4 is 11.1 Å². The minimum Gasteiger partial charge on any atom is -0.408 e. The SMILES string of the molecule is O=C(CCn1c(=O)oc2ccccc21)NCCCOCC(F)(F)F. The number of fused-ring (bicyclic) bond motifs is 1. The van der Waals surface area contributed by atoms with Gasteiger partial charge in [-0.25, -0.2) is 4.79 Å². The predicted octanol–water partition coefficient (Wildman–Crippen LogP) is 2.07. The molecule has 2 aromatic rings. The van der Waals surface area contributed by atoms with Gasteiger partial charge in [-0.1, -0.05) is 12.1 Å². The van der Waals surface area contributed by atoms with Gasteiger partial charge in [-0.15, -0.1) is 0 Å². The molecule has 0 aliphatic rings. The maximum absolute atomic E-state index is 11.8. The molecule has 0 unspecified atom stereocenters. The van der Waals surface area contributed by atoms with Crippen LogP contribution in [-0.4, -0.2) is 36.4 Å². The van der Waals surface area contributed by atoms with Crippen molar-refractivity contribution in [1.29, 1.82) is 0 Å². The standard InChI is InChI=1S/C15H17F3N2O4/c16-15(17,18)10-23-9-3-7-19-13(21)6-8-20-11-4-1-2-5-12(11)24-14(20)22/h1-2,4-5H,3,6-10H2,(H,19,21). The third-order valence-electron chi connectivity index (χ3n) is 3.19. The van der Waals surface area contributed by atoms with Gasteiger partial charge in [-0.3, -0.25) is 9.36 Å². The number of nitrogens with zero attached hydrogens (tertiary/aromatic N) is 1. The van der Waals surface area contributed by atoms with Crippen LogP contribution in [0.25, 0.3) is 11.1 Å². The van der Waals surface area contributed by atoms with Crippen molar-refractivity contribution in [2.45, 2.75) is 25.6 Å². The third kappa shape index (κ3) is 5.41. The number of aryl methyl sites for hydroxylation is 1. The van der Waals surface area contributed by atoms with Crippen LogP contribution in [0.5, 0.6) is 0 Å². The fraction of sp³-hybridized carbons (Fsp3) is 0.467. The van der Waals surface area contributed by atoms with Crippen LogP contribution in [0.4, 0.5) is 13.2 Å². The number of hydrogen-bond donors (Lipinski definition) is 1. The molecule has 1 aromatic carbocycles. The van der Waals surface area contributed by atoms with Crippen LogP contribution in [0.3, 0.4) is 0 Å². The Kier molecular flexibility index (Phi) is 6.02. The Morgan fingerprint density at radius 1 is 1.29 bits per heavy atom. The van der Waals surface area contributed by atoms with Crippen molar-refractivity contribution < 1.29 is 27.1 Å². The second-order valence-corrected chi connectivity index (χ2v) is 5.11. The Balaban J connectivity index is 1.70. The molecule has 1 aromatic heterocycles. The molecule has 0 fully saturated rings. The van der Waals surface area contributed by atoms with Crippen molar-refractivity contribution in [3.63, 3.8) is 0 Å². The number of nitrogens with one attached hydrogen (secondary N) is 1. The summed E-state index contributed by atoms with van der Waals surface area (Å²) in [6.45, 7) is -1.02. The van der Waals surface area contributed by atoms with Gasteiger partial charge < -0.3 is 14.5 Å². The molecule has 0 saturated carbocycles. The van der Waals surface area contributed by atoms with E-state index in [1.165, 1.54) is 4.57 Å². The molecule has 2 rings (SSSR count). The van der Waals surface area contributed by atoms with Crippen LogP contribution in [0.1, 0.15) is 12.8 Å². The molecule has 9 heteroatoms. The van der Waals surface area contributed by atoms with Crippen molar-refractivity contribution in [3.05, 3.63) is 34.8 Å². The molecule has 0 aliphatic heterocycles. The van der Waals surface area contributed by atoms with E-state index < -0.39 is 18.5 Å². The largest absolute Gasteiger partial charge is 0.419 e. The zero-order valence-electron chi connectivity index (χ0n) is 12.8.